The van der Waals surface area contributed by atoms with Crippen LogP contribution in [0.4, 0.5) is 11.4 Å². The predicted octanol–water partition coefficient (Wildman–Crippen LogP) is 5.08. The Hall–Kier alpha value is -5.82. The lowest BCUT2D eigenvalue weighted by atomic mass is 9.95. The van der Waals surface area contributed by atoms with Gasteiger partial charge >= 0.3 is 0 Å². The molecule has 3 amide bonds. The number of benzene rings is 3. The topological polar surface area (TPSA) is 146 Å². The second-order valence-electron chi connectivity index (χ2n) is 14.5. The number of rotatable bonds is 8. The standard InChI is InChI=1S/C29H38N6O5.C9H10O2.C6H6/c1-39-22-5-3-4-21(16-22)34-10-8-20(9-11-34)19-33-12-14-35(15-13-33)25-18-30-24(17-26(25)40-2)29(38)31-23-6-7-27(36)32-28(23)37;10-8-4-3-7-2-1-5-11-9(7)6-8;1-2-4-6-5-3-1/h3-5,16-18,20,23H,6-15,19H2,1-2H3,(H,31,38)(H,32,36,37);3-4,6,10H,1-2,5H2;1-6H. The third-order valence-corrected chi connectivity index (χ3v) is 10.7. The summed E-state index contributed by atoms with van der Waals surface area (Å²) in [7, 11) is 3.28. The number of carbonyl (C=O) groups excluding carboxylic acids is 3. The molecule has 3 saturated heterocycles. The summed E-state index contributed by atoms with van der Waals surface area (Å²) >= 11 is 0. The van der Waals surface area contributed by atoms with Gasteiger partial charge in [0.1, 0.15) is 34.7 Å². The molecule has 0 bridgehead atoms. The lowest BCUT2D eigenvalue weighted by Gasteiger charge is -2.40. The van der Waals surface area contributed by atoms with Crippen molar-refractivity contribution in [2.24, 2.45) is 5.92 Å². The number of aromatic nitrogens is 1. The van der Waals surface area contributed by atoms with Crippen LogP contribution < -0.4 is 34.6 Å². The van der Waals surface area contributed by atoms with Gasteiger partial charge in [-0.1, -0.05) is 48.5 Å². The number of amides is 3. The molecule has 3 aromatic carbocycles. The number of anilines is 2. The summed E-state index contributed by atoms with van der Waals surface area (Å²) in [4.78, 5) is 47.7. The number of aryl methyl sites for hydroxylation is 1. The molecule has 0 aliphatic carbocycles. The Morgan fingerprint density at radius 2 is 1.60 bits per heavy atom. The minimum atomic E-state index is -0.750. The molecule has 4 aliphatic heterocycles. The molecule has 8 rings (SSSR count). The molecular formula is C44H54N6O7. The van der Waals surface area contributed by atoms with Crippen molar-refractivity contribution in [3.63, 3.8) is 0 Å². The lowest BCUT2D eigenvalue weighted by Crippen LogP contribution is -2.52. The summed E-state index contributed by atoms with van der Waals surface area (Å²) in [5.74, 6) is 1.99. The number of phenolic OH excluding ortho intramolecular Hbond substituents is 1. The highest BCUT2D eigenvalue weighted by Crippen LogP contribution is 2.31. The Morgan fingerprint density at radius 3 is 2.28 bits per heavy atom. The van der Waals surface area contributed by atoms with Gasteiger partial charge in [0.05, 0.1) is 32.7 Å². The Labute approximate surface area is 334 Å². The maximum absolute atomic E-state index is 12.7. The van der Waals surface area contributed by atoms with Crippen LogP contribution in [0.1, 0.15) is 48.2 Å². The molecule has 3 fully saturated rings. The van der Waals surface area contributed by atoms with Crippen molar-refractivity contribution in [2.45, 2.75) is 44.6 Å². The third-order valence-electron chi connectivity index (χ3n) is 10.7. The highest BCUT2D eigenvalue weighted by molar-refractivity contribution is 6.03. The van der Waals surface area contributed by atoms with Crippen LogP contribution in [0.5, 0.6) is 23.0 Å². The molecule has 4 aliphatic rings. The number of imide groups is 1. The van der Waals surface area contributed by atoms with Crippen molar-refractivity contribution in [3.8, 4) is 23.0 Å². The van der Waals surface area contributed by atoms with E-state index in [4.69, 9.17) is 19.3 Å². The van der Waals surface area contributed by atoms with E-state index in [1.807, 2.05) is 54.6 Å². The third kappa shape index (κ3) is 11.6. The predicted molar refractivity (Wildman–Crippen MR) is 219 cm³/mol. The van der Waals surface area contributed by atoms with Crippen LogP contribution >= 0.6 is 0 Å². The summed E-state index contributed by atoms with van der Waals surface area (Å²) < 4.78 is 16.3. The fourth-order valence-corrected chi connectivity index (χ4v) is 7.45. The highest BCUT2D eigenvalue weighted by atomic mass is 16.5. The number of phenols is 1. The summed E-state index contributed by atoms with van der Waals surface area (Å²) in [5.41, 5.74) is 3.46. The molecule has 1 aromatic heterocycles. The molecule has 4 aromatic rings. The Balaban J connectivity index is 0.000000263. The molecule has 57 heavy (non-hydrogen) atoms. The van der Waals surface area contributed by atoms with Crippen molar-refractivity contribution in [1.82, 2.24) is 20.5 Å². The first-order valence-electron chi connectivity index (χ1n) is 19.8. The van der Waals surface area contributed by atoms with Crippen LogP contribution in [0.3, 0.4) is 0 Å². The molecule has 13 nitrogen and oxygen atoms in total. The van der Waals surface area contributed by atoms with Crippen molar-refractivity contribution in [2.75, 3.05) is 76.4 Å². The lowest BCUT2D eigenvalue weighted by molar-refractivity contribution is -0.134. The second-order valence-corrected chi connectivity index (χ2v) is 14.5. The summed E-state index contributed by atoms with van der Waals surface area (Å²) in [6.07, 6.45) is 6.64. The van der Waals surface area contributed by atoms with Gasteiger partial charge in [0.25, 0.3) is 5.91 Å². The van der Waals surface area contributed by atoms with E-state index in [1.54, 1.807) is 38.6 Å². The van der Waals surface area contributed by atoms with Gasteiger partial charge in [-0.25, -0.2) is 4.98 Å². The second kappa shape index (κ2) is 20.4. The summed E-state index contributed by atoms with van der Waals surface area (Å²) in [6.45, 7) is 7.61. The zero-order valence-corrected chi connectivity index (χ0v) is 32.9. The maximum atomic E-state index is 12.7. The molecule has 0 saturated carbocycles. The number of carbonyl (C=O) groups is 3. The van der Waals surface area contributed by atoms with Gasteiger partial charge in [0.15, 0.2) is 0 Å². The van der Waals surface area contributed by atoms with E-state index in [2.05, 4.69) is 42.5 Å². The Bertz CT molecular complexity index is 1900. The number of hydrogen-bond acceptors (Lipinski definition) is 11. The number of nitrogens with one attached hydrogen (secondary N) is 2. The molecular weight excluding hydrogens is 725 g/mol. The Kier molecular flexibility index (Phi) is 14.6. The number of ether oxygens (including phenoxy) is 3. The van der Waals surface area contributed by atoms with E-state index in [0.29, 0.717) is 11.7 Å². The van der Waals surface area contributed by atoms with Crippen molar-refractivity contribution in [1.29, 1.82) is 0 Å². The minimum Gasteiger partial charge on any atom is -0.508 e. The van der Waals surface area contributed by atoms with Gasteiger partial charge in [-0.2, -0.15) is 0 Å². The average Bonchev–Trinajstić information content (AvgIpc) is 3.26. The SMILES string of the molecule is COc1cccc(N2CCC(CN3CCN(c4cnc(C(=O)NC5CCC(=O)NC5=O)cc4OC)CC3)CC2)c1.Oc1ccc2c(c1)OCCC2.c1ccccc1. The fourth-order valence-electron chi connectivity index (χ4n) is 7.45. The largest absolute Gasteiger partial charge is 0.508 e. The van der Waals surface area contributed by atoms with Gasteiger partial charge in [-0.15, -0.1) is 0 Å². The number of hydrogen-bond donors (Lipinski definition) is 3. The number of piperazine rings is 1. The van der Waals surface area contributed by atoms with E-state index >= 15 is 0 Å². The first kappa shape index (κ1) is 40.8. The monoisotopic (exact) mass is 778 g/mol. The molecule has 13 heteroatoms. The van der Waals surface area contributed by atoms with E-state index in [-0.39, 0.29) is 30.2 Å². The molecule has 5 heterocycles. The molecule has 0 radical (unpaired) electrons. The smallest absolute Gasteiger partial charge is 0.270 e. The van der Waals surface area contributed by atoms with Crippen LogP contribution in [-0.4, -0.2) is 105 Å². The van der Waals surface area contributed by atoms with E-state index in [0.717, 1.165) is 82.4 Å². The minimum absolute atomic E-state index is 0.171. The van der Waals surface area contributed by atoms with Gasteiger partial charge in [-0.3, -0.25) is 24.6 Å². The molecule has 1 atom stereocenters. The van der Waals surface area contributed by atoms with E-state index < -0.39 is 17.9 Å². The number of aromatic hydroxyl groups is 1. The number of fused-ring (bicyclic) bond motifs is 1. The summed E-state index contributed by atoms with van der Waals surface area (Å²) in [6, 6.07) is 26.5. The number of methoxy groups -OCH3 is 2. The number of piperidine rings is 2. The maximum Gasteiger partial charge on any atom is 0.270 e. The van der Waals surface area contributed by atoms with Gasteiger partial charge in [0, 0.05) is 76.1 Å². The Morgan fingerprint density at radius 1 is 0.860 bits per heavy atom. The van der Waals surface area contributed by atoms with Crippen LogP contribution in [0, 0.1) is 5.92 Å². The normalized spacial score (nSPS) is 18.3. The fraction of sp³-hybridized carbons (Fsp3) is 0.409. The summed E-state index contributed by atoms with van der Waals surface area (Å²) in [5, 5.41) is 14.0. The van der Waals surface area contributed by atoms with E-state index in [9.17, 15) is 14.4 Å². The van der Waals surface area contributed by atoms with Gasteiger partial charge < -0.3 is 34.4 Å². The molecule has 0 spiro atoms. The van der Waals surface area contributed by atoms with Gasteiger partial charge in [0.2, 0.25) is 11.8 Å². The molecule has 302 valence electrons. The first-order chi connectivity index (χ1) is 27.8. The zero-order chi connectivity index (χ0) is 40.0. The van der Waals surface area contributed by atoms with Crippen molar-refractivity contribution in [3.05, 3.63) is 102 Å². The molecule has 1 unspecified atom stereocenters. The van der Waals surface area contributed by atoms with Crippen LogP contribution in [0.25, 0.3) is 0 Å². The van der Waals surface area contributed by atoms with Crippen molar-refractivity contribution < 1.29 is 33.7 Å². The molecule has 3 N–H and O–H groups in total. The van der Waals surface area contributed by atoms with Gasteiger partial charge in [-0.05, 0) is 61.8 Å². The average molecular weight is 779 g/mol. The highest BCUT2D eigenvalue weighted by Gasteiger charge is 2.30. The van der Waals surface area contributed by atoms with E-state index in [1.165, 1.54) is 24.1 Å². The first-order valence-corrected chi connectivity index (χ1v) is 19.8. The number of pyridine rings is 1. The number of nitrogens with zero attached hydrogens (tertiary/aromatic N) is 4. The van der Waals surface area contributed by atoms with Crippen molar-refractivity contribution >= 4 is 29.1 Å². The quantitative estimate of drug-likeness (QED) is 0.206. The zero-order valence-electron chi connectivity index (χ0n) is 32.9. The van der Waals surface area contributed by atoms with Crippen LogP contribution in [0.15, 0.2) is 91.1 Å². The van der Waals surface area contributed by atoms with Crippen LogP contribution in [0.2, 0.25) is 0 Å². The van der Waals surface area contributed by atoms with Crippen LogP contribution in [-0.2, 0) is 16.0 Å².